The van der Waals surface area contributed by atoms with Crippen molar-refractivity contribution in [1.29, 1.82) is 0 Å². The molecule has 0 aromatic heterocycles. The summed E-state index contributed by atoms with van der Waals surface area (Å²) in [5.74, 6) is -7.83. The number of aliphatic hydroxyl groups is 1. The molecule has 3 heterocycles. The average molecular weight is 1020 g/mol. The van der Waals surface area contributed by atoms with Crippen molar-refractivity contribution >= 4 is 35.4 Å². The van der Waals surface area contributed by atoms with Crippen molar-refractivity contribution in [3.05, 3.63) is 55.0 Å². The van der Waals surface area contributed by atoms with E-state index < -0.39 is 84.1 Å². The van der Waals surface area contributed by atoms with Crippen LogP contribution >= 0.6 is 0 Å². The Hall–Kier alpha value is -3.44. The van der Waals surface area contributed by atoms with Crippen LogP contribution in [0.25, 0.3) is 0 Å². The van der Waals surface area contributed by atoms with Gasteiger partial charge in [0.05, 0.1) is 18.3 Å². The Morgan fingerprint density at radius 2 is 1.56 bits per heavy atom. The molecule has 3 aliphatic heterocycles. The largest absolute Gasteiger partial charge is 0.506 e. The minimum Gasteiger partial charge on any atom is -0.460 e. The van der Waals surface area contributed by atoms with Gasteiger partial charge in [-0.05, 0) is 101 Å². The standard InChI is InChI=1S/C53H81NO14.CH3.V/c1-31-17-13-12-14-18-32(2)44(63-9)29-40-22-20-37(7)53(62,68-40)49(57)50(58)54-24-16-15-19-41(54)51(59)66-45(35(5)27-39-21-23-43(67-52(60)61)46(28-39)64-10)30-42(55)34(4)26-33(3)38(8)48(65-11)47(56)36(6)25-31;;/h12-14,17-18,26,31,34-41,43-46,48,62H,15-16,19-25,27-30H2,1-11H3,(H,60,61);1H3;/q;-1;/b14-12?,17-13+,32-18?,33-26+;;/t31-,34-,35-,36-,37-,38-,39+,40+,41?,43-,44+,45+,46-,48-,53-;;/m1../s1. The molecule has 1 radical (unpaired) electrons. The first-order valence-electron chi connectivity index (χ1n) is 24.9. The minimum atomic E-state index is -2.44. The Bertz CT molecular complexity index is 1880. The Kier molecular flexibility index (Phi) is 26.2. The zero-order chi connectivity index (χ0) is 50.5. The Labute approximate surface area is 429 Å². The first-order valence-corrected chi connectivity index (χ1v) is 24.9. The summed E-state index contributed by atoms with van der Waals surface area (Å²) < 4.78 is 34.9. The van der Waals surface area contributed by atoms with Gasteiger partial charge in [-0.3, -0.25) is 19.2 Å². The normalized spacial score (nSPS) is 36.7. The third-order valence-corrected chi connectivity index (χ3v) is 15.1. The van der Waals surface area contributed by atoms with Crippen molar-refractivity contribution in [3.8, 4) is 0 Å². The maximum atomic E-state index is 14.5. The number of carboxylic acid groups (broad SMARTS) is 1. The average Bonchev–Trinajstić information content (AvgIpc) is 3.30. The minimum absolute atomic E-state index is 0. The van der Waals surface area contributed by atoms with Crippen LogP contribution in [0.1, 0.15) is 132 Å². The summed E-state index contributed by atoms with van der Waals surface area (Å²) in [7, 11) is 4.61. The van der Waals surface area contributed by atoms with Gasteiger partial charge in [-0.1, -0.05) is 83.6 Å². The molecule has 0 spiro atoms. The van der Waals surface area contributed by atoms with E-state index in [4.69, 9.17) is 28.4 Å². The van der Waals surface area contributed by atoms with Crippen LogP contribution in [0.5, 0.6) is 0 Å². The Balaban J connectivity index is 0.00000840. The number of carbonyl (C=O) groups is 6. The van der Waals surface area contributed by atoms with E-state index in [-0.39, 0.29) is 86.5 Å². The second kappa shape index (κ2) is 29.3. The van der Waals surface area contributed by atoms with Crippen molar-refractivity contribution in [3.63, 3.8) is 0 Å². The van der Waals surface area contributed by atoms with Crippen LogP contribution in [0.2, 0.25) is 0 Å². The predicted octanol–water partition coefficient (Wildman–Crippen LogP) is 8.61. The number of ether oxygens (including phenoxy) is 6. The molecule has 1 amide bonds. The second-order valence-corrected chi connectivity index (χ2v) is 20.3. The van der Waals surface area contributed by atoms with E-state index in [1.54, 1.807) is 21.0 Å². The molecule has 1 saturated carbocycles. The van der Waals surface area contributed by atoms with E-state index in [1.807, 2.05) is 71.1 Å². The second-order valence-electron chi connectivity index (χ2n) is 20.3. The molecule has 1 unspecified atom stereocenters. The summed E-state index contributed by atoms with van der Waals surface area (Å²) in [6.07, 6.45) is 11.5. The van der Waals surface area contributed by atoms with E-state index in [0.717, 1.165) is 11.1 Å². The maximum absolute atomic E-state index is 14.5. The maximum Gasteiger partial charge on any atom is 0.506 e. The molecule has 2 bridgehead atoms. The molecule has 1 aliphatic carbocycles. The van der Waals surface area contributed by atoms with Crippen LogP contribution in [-0.2, 0) is 70.9 Å². The van der Waals surface area contributed by atoms with Crippen molar-refractivity contribution in [2.45, 2.75) is 181 Å². The van der Waals surface area contributed by atoms with Gasteiger partial charge in [0.2, 0.25) is 5.79 Å². The monoisotopic (exact) mass is 1020 g/mol. The third-order valence-electron chi connectivity index (χ3n) is 15.1. The van der Waals surface area contributed by atoms with Gasteiger partial charge in [-0.2, -0.15) is 0 Å². The van der Waals surface area contributed by atoms with Crippen LogP contribution in [0, 0.1) is 48.9 Å². The number of carbonyl (C=O) groups excluding carboxylic acids is 5. The van der Waals surface area contributed by atoms with Crippen LogP contribution in [0.3, 0.4) is 0 Å². The topological polar surface area (TPSA) is 201 Å². The summed E-state index contributed by atoms with van der Waals surface area (Å²) in [5.41, 5.74) is 1.69. The molecule has 0 aromatic carbocycles. The fourth-order valence-corrected chi connectivity index (χ4v) is 10.6. The first kappa shape index (κ1) is 62.7. The zero-order valence-corrected chi connectivity index (χ0v) is 45.3. The fourth-order valence-electron chi connectivity index (χ4n) is 10.6. The van der Waals surface area contributed by atoms with Crippen LogP contribution < -0.4 is 0 Å². The Morgan fingerprint density at radius 3 is 2.20 bits per heavy atom. The number of piperidine rings is 1. The van der Waals surface area contributed by atoms with Gasteiger partial charge in [-0.25, -0.2) is 9.59 Å². The van der Waals surface area contributed by atoms with Crippen molar-refractivity contribution < 1.29 is 86.0 Å². The molecular weight excluding hydrogens is 938 g/mol. The van der Waals surface area contributed by atoms with Crippen molar-refractivity contribution in [2.75, 3.05) is 27.9 Å². The van der Waals surface area contributed by atoms with Gasteiger partial charge in [0, 0.05) is 82.9 Å². The van der Waals surface area contributed by atoms with Gasteiger partial charge < -0.3 is 51.0 Å². The van der Waals surface area contributed by atoms with E-state index in [9.17, 15) is 39.0 Å². The van der Waals surface area contributed by atoms with Gasteiger partial charge in [0.1, 0.15) is 30.1 Å². The molecular formula is C54H84NO14V-. The molecule has 2 saturated heterocycles. The number of fused-ring (bicyclic) bond motifs is 3. The smallest absolute Gasteiger partial charge is 0.460 e. The number of methoxy groups -OCH3 is 3. The number of cyclic esters (lactones) is 1. The van der Waals surface area contributed by atoms with Crippen LogP contribution in [0.15, 0.2) is 47.6 Å². The summed E-state index contributed by atoms with van der Waals surface area (Å²) in [4.78, 5) is 83.7. The van der Waals surface area contributed by atoms with Crippen molar-refractivity contribution in [1.82, 2.24) is 4.90 Å². The summed E-state index contributed by atoms with van der Waals surface area (Å²) in [6, 6.07) is -1.15. The number of esters is 1. The quantitative estimate of drug-likeness (QED) is 0.106. The molecule has 0 aromatic rings. The fraction of sp³-hybridized carbons (Fsp3) is 0.722. The number of Topliss-reactive ketones (excluding diaryl/α,β-unsaturated/α-hetero) is 3. The first-order chi connectivity index (χ1) is 32.1. The number of hydrogen-bond acceptors (Lipinski definition) is 13. The third kappa shape index (κ3) is 16.8. The van der Waals surface area contributed by atoms with Gasteiger partial charge in [-0.15, -0.1) is 0 Å². The molecule has 395 valence electrons. The molecule has 15 atom stereocenters. The number of hydrogen-bond donors (Lipinski definition) is 2. The Morgan fingerprint density at radius 1 is 0.857 bits per heavy atom. The van der Waals surface area contributed by atoms with E-state index >= 15 is 0 Å². The predicted molar refractivity (Wildman–Crippen MR) is 262 cm³/mol. The number of allylic oxidation sites excluding steroid dienone is 6. The number of ketones is 3. The molecule has 3 fully saturated rings. The molecule has 70 heavy (non-hydrogen) atoms. The molecule has 16 heteroatoms. The molecule has 4 aliphatic rings. The van der Waals surface area contributed by atoms with Crippen molar-refractivity contribution in [2.24, 2.45) is 41.4 Å². The molecule has 15 nitrogen and oxygen atoms in total. The number of amides is 1. The van der Waals surface area contributed by atoms with Crippen LogP contribution in [-0.4, -0.2) is 127 Å². The number of rotatable bonds is 7. The summed E-state index contributed by atoms with van der Waals surface area (Å²) >= 11 is 0. The molecule has 2 N–H and O–H groups in total. The zero-order valence-electron chi connectivity index (χ0n) is 43.9. The summed E-state index contributed by atoms with van der Waals surface area (Å²) in [6.45, 7) is 15.1. The van der Waals surface area contributed by atoms with E-state index in [0.29, 0.717) is 64.2 Å². The molecule has 4 rings (SSSR count). The number of nitrogens with zero attached hydrogens (tertiary/aromatic N) is 1. The van der Waals surface area contributed by atoms with Gasteiger partial charge in [0.15, 0.2) is 5.78 Å². The van der Waals surface area contributed by atoms with E-state index in [2.05, 4.69) is 6.92 Å². The van der Waals surface area contributed by atoms with E-state index in [1.165, 1.54) is 19.1 Å². The van der Waals surface area contributed by atoms with Gasteiger partial charge >= 0.3 is 12.1 Å². The van der Waals surface area contributed by atoms with Crippen LogP contribution in [0.4, 0.5) is 4.79 Å². The summed E-state index contributed by atoms with van der Waals surface area (Å²) in [5, 5.41) is 21.3. The van der Waals surface area contributed by atoms with Gasteiger partial charge in [0.25, 0.3) is 11.7 Å². The SMILES string of the molecule is CO[C@H]1C[C@@H]2CC[C@@H](C)[C@@](O)(O2)C(=O)C(=O)N2CCCCC2C(=O)O[C@H]([C@H](C)C[C@@H]2CC[C@@H](OC(=O)O)[C@H](OC)C2)CC(=O)[C@H](C)/C=C(\C)[C@@H](C)[C@@H](OC)C(=O)[C@H](C)C[C@H](C)/C=C/C=CC=C1C.[CH3-].[V].